The predicted molar refractivity (Wildman–Crippen MR) is 58.8 cm³/mol. The minimum atomic E-state index is 0.697. The topological polar surface area (TPSA) is 37.8 Å². The fourth-order valence-corrected chi connectivity index (χ4v) is 4.01. The van der Waals surface area contributed by atoms with Gasteiger partial charge in [0.1, 0.15) is 0 Å². The summed E-state index contributed by atoms with van der Waals surface area (Å²) in [6.45, 7) is 2.25. The summed E-state index contributed by atoms with van der Waals surface area (Å²) in [5.74, 6) is 0. The van der Waals surface area contributed by atoms with Gasteiger partial charge in [0, 0.05) is 11.8 Å². The second-order valence-corrected chi connectivity index (χ2v) is 6.35. The molecule has 0 radical (unpaired) electrons. The first-order valence-electron chi connectivity index (χ1n) is 4.13. The van der Waals surface area contributed by atoms with E-state index in [1.807, 2.05) is 18.0 Å². The first-order chi connectivity index (χ1) is 6.38. The molecule has 0 aromatic carbocycles. The zero-order chi connectivity index (χ0) is 9.10. The van der Waals surface area contributed by atoms with Crippen molar-refractivity contribution in [3.8, 4) is 0 Å². The van der Waals surface area contributed by atoms with Crippen LogP contribution >= 0.6 is 34.9 Å². The van der Waals surface area contributed by atoms with Crippen molar-refractivity contribution in [3.05, 3.63) is 0 Å². The van der Waals surface area contributed by atoms with Crippen LogP contribution in [0.5, 0.6) is 0 Å². The molecule has 0 bridgehead atoms. The first kappa shape index (κ1) is 9.76. The molecule has 0 saturated carbocycles. The Bertz CT molecular complexity index is 270. The van der Waals surface area contributed by atoms with Gasteiger partial charge in [0.15, 0.2) is 8.68 Å². The summed E-state index contributed by atoms with van der Waals surface area (Å²) >= 11 is 5.22. The SMILES string of the molecule is CSc1nnc(SC2CCNC2)s1. The van der Waals surface area contributed by atoms with Gasteiger partial charge in [-0.1, -0.05) is 34.9 Å². The van der Waals surface area contributed by atoms with E-state index in [9.17, 15) is 0 Å². The van der Waals surface area contributed by atoms with Crippen molar-refractivity contribution < 1.29 is 0 Å². The van der Waals surface area contributed by atoms with E-state index in [2.05, 4.69) is 15.5 Å². The van der Waals surface area contributed by atoms with E-state index in [4.69, 9.17) is 0 Å². The zero-order valence-corrected chi connectivity index (χ0v) is 9.77. The highest BCUT2D eigenvalue weighted by Gasteiger charge is 2.17. The number of nitrogens with zero attached hydrogens (tertiary/aromatic N) is 2. The van der Waals surface area contributed by atoms with Crippen molar-refractivity contribution >= 4 is 34.9 Å². The molecule has 1 saturated heterocycles. The summed E-state index contributed by atoms with van der Waals surface area (Å²) in [4.78, 5) is 0. The Balaban J connectivity index is 1.92. The molecule has 1 atom stereocenters. The summed E-state index contributed by atoms with van der Waals surface area (Å²) in [6, 6.07) is 0. The number of thioether (sulfide) groups is 2. The Hall–Kier alpha value is 0.220. The minimum Gasteiger partial charge on any atom is -0.316 e. The van der Waals surface area contributed by atoms with Crippen LogP contribution in [0.4, 0.5) is 0 Å². The highest BCUT2D eigenvalue weighted by molar-refractivity contribution is 8.03. The van der Waals surface area contributed by atoms with Gasteiger partial charge < -0.3 is 5.32 Å². The fourth-order valence-electron chi connectivity index (χ4n) is 1.20. The maximum atomic E-state index is 4.13. The average molecular weight is 233 g/mol. The smallest absolute Gasteiger partial charge is 0.175 e. The molecule has 1 unspecified atom stereocenters. The van der Waals surface area contributed by atoms with Crippen LogP contribution in [0.2, 0.25) is 0 Å². The molecule has 0 amide bonds. The first-order valence-corrected chi connectivity index (χ1v) is 7.05. The lowest BCUT2D eigenvalue weighted by Crippen LogP contribution is -2.09. The lowest BCUT2D eigenvalue weighted by Gasteiger charge is -2.02. The van der Waals surface area contributed by atoms with Gasteiger partial charge in [-0.05, 0) is 19.2 Å². The number of rotatable bonds is 3. The molecule has 0 spiro atoms. The van der Waals surface area contributed by atoms with Crippen LogP contribution in [0.25, 0.3) is 0 Å². The minimum absolute atomic E-state index is 0.697. The molecule has 2 heterocycles. The van der Waals surface area contributed by atoms with Gasteiger partial charge in [-0.15, -0.1) is 10.2 Å². The highest BCUT2D eigenvalue weighted by atomic mass is 32.2. The normalized spacial score (nSPS) is 22.4. The third-order valence-electron chi connectivity index (χ3n) is 1.85. The molecular weight excluding hydrogens is 222 g/mol. The highest BCUT2D eigenvalue weighted by Crippen LogP contribution is 2.31. The predicted octanol–water partition coefficient (Wildman–Crippen LogP) is 1.71. The monoisotopic (exact) mass is 233 g/mol. The molecule has 3 nitrogen and oxygen atoms in total. The van der Waals surface area contributed by atoms with Gasteiger partial charge in [-0.2, -0.15) is 0 Å². The number of hydrogen-bond acceptors (Lipinski definition) is 6. The van der Waals surface area contributed by atoms with Gasteiger partial charge in [-0.3, -0.25) is 0 Å². The summed E-state index contributed by atoms with van der Waals surface area (Å²) < 4.78 is 2.17. The summed E-state index contributed by atoms with van der Waals surface area (Å²) in [7, 11) is 0. The van der Waals surface area contributed by atoms with Crippen molar-refractivity contribution in [3.63, 3.8) is 0 Å². The molecule has 1 aliphatic rings. The third-order valence-corrected chi connectivity index (χ3v) is 5.10. The number of hydrogen-bond donors (Lipinski definition) is 1. The van der Waals surface area contributed by atoms with Crippen LogP contribution in [0.1, 0.15) is 6.42 Å². The second kappa shape index (κ2) is 4.63. The van der Waals surface area contributed by atoms with Crippen LogP contribution in [0.3, 0.4) is 0 Å². The fraction of sp³-hybridized carbons (Fsp3) is 0.714. The molecule has 0 aliphatic carbocycles. The van der Waals surface area contributed by atoms with E-state index in [0.29, 0.717) is 5.25 Å². The Kier molecular flexibility index (Phi) is 3.48. The van der Waals surface area contributed by atoms with E-state index in [1.165, 1.54) is 6.42 Å². The van der Waals surface area contributed by atoms with E-state index < -0.39 is 0 Å². The van der Waals surface area contributed by atoms with Gasteiger partial charge in [-0.25, -0.2) is 0 Å². The summed E-state index contributed by atoms with van der Waals surface area (Å²) in [5.41, 5.74) is 0. The van der Waals surface area contributed by atoms with Crippen molar-refractivity contribution in [2.45, 2.75) is 20.4 Å². The van der Waals surface area contributed by atoms with Gasteiger partial charge in [0.25, 0.3) is 0 Å². The van der Waals surface area contributed by atoms with Crippen LogP contribution in [-0.4, -0.2) is 34.8 Å². The van der Waals surface area contributed by atoms with E-state index in [0.717, 1.165) is 21.8 Å². The molecule has 2 rings (SSSR count). The molecule has 13 heavy (non-hydrogen) atoms. The Morgan fingerprint density at radius 2 is 2.31 bits per heavy atom. The zero-order valence-electron chi connectivity index (χ0n) is 7.32. The molecule has 1 aromatic heterocycles. The Morgan fingerprint density at radius 3 is 2.92 bits per heavy atom. The van der Waals surface area contributed by atoms with Crippen molar-refractivity contribution in [1.82, 2.24) is 15.5 Å². The van der Waals surface area contributed by atoms with Crippen LogP contribution in [0.15, 0.2) is 8.68 Å². The molecular formula is C7H11N3S3. The summed E-state index contributed by atoms with van der Waals surface area (Å²) in [6.07, 6.45) is 3.28. The van der Waals surface area contributed by atoms with Crippen LogP contribution in [-0.2, 0) is 0 Å². The number of aromatic nitrogens is 2. The largest absolute Gasteiger partial charge is 0.316 e. The molecule has 1 aliphatic heterocycles. The van der Waals surface area contributed by atoms with Crippen LogP contribution in [0, 0.1) is 0 Å². The summed E-state index contributed by atoms with van der Waals surface area (Å²) in [5, 5.41) is 12.2. The Labute approximate surface area is 90.1 Å². The molecule has 6 heteroatoms. The van der Waals surface area contributed by atoms with Crippen molar-refractivity contribution in [2.24, 2.45) is 0 Å². The van der Waals surface area contributed by atoms with Crippen molar-refractivity contribution in [2.75, 3.05) is 19.3 Å². The lowest BCUT2D eigenvalue weighted by atomic mass is 10.4. The quantitative estimate of drug-likeness (QED) is 0.805. The second-order valence-electron chi connectivity index (χ2n) is 2.77. The third kappa shape index (κ3) is 2.59. The lowest BCUT2D eigenvalue weighted by molar-refractivity contribution is 0.858. The van der Waals surface area contributed by atoms with Crippen molar-refractivity contribution in [1.29, 1.82) is 0 Å². The van der Waals surface area contributed by atoms with E-state index in [1.54, 1.807) is 23.1 Å². The molecule has 72 valence electrons. The van der Waals surface area contributed by atoms with E-state index in [-0.39, 0.29) is 0 Å². The maximum Gasteiger partial charge on any atom is 0.175 e. The van der Waals surface area contributed by atoms with E-state index >= 15 is 0 Å². The number of nitrogens with one attached hydrogen (secondary N) is 1. The van der Waals surface area contributed by atoms with Gasteiger partial charge in [0.05, 0.1) is 0 Å². The van der Waals surface area contributed by atoms with Crippen LogP contribution < -0.4 is 5.32 Å². The standard InChI is InChI=1S/C7H11N3S3/c1-11-6-9-10-7(13-6)12-5-2-3-8-4-5/h5,8H,2-4H2,1H3. The molecule has 1 N–H and O–H groups in total. The maximum absolute atomic E-state index is 4.13. The van der Waals surface area contributed by atoms with Gasteiger partial charge >= 0.3 is 0 Å². The average Bonchev–Trinajstić information content (AvgIpc) is 2.76. The Morgan fingerprint density at radius 1 is 1.46 bits per heavy atom. The molecule has 1 fully saturated rings. The molecule has 1 aromatic rings. The van der Waals surface area contributed by atoms with Gasteiger partial charge in [0.2, 0.25) is 0 Å².